The summed E-state index contributed by atoms with van der Waals surface area (Å²) in [5.41, 5.74) is 1.34. The van der Waals surface area contributed by atoms with Crippen LogP contribution in [0.5, 0.6) is 0 Å². The second-order valence-electron chi connectivity index (χ2n) is 2.66. The summed E-state index contributed by atoms with van der Waals surface area (Å²) in [7, 11) is 0. The Balaban J connectivity index is 0.000000720. The SMILES string of the molecule is FC(F)(F)c1ccc2c(c1)C2.N. The Morgan fingerprint density at radius 1 is 1.08 bits per heavy atom. The van der Waals surface area contributed by atoms with E-state index in [9.17, 15) is 13.2 Å². The van der Waals surface area contributed by atoms with Crippen LogP contribution in [0.25, 0.3) is 0 Å². The Hall–Kier alpha value is -1.03. The highest BCUT2D eigenvalue weighted by Gasteiger charge is 2.32. The van der Waals surface area contributed by atoms with Crippen molar-refractivity contribution in [2.75, 3.05) is 0 Å². The summed E-state index contributed by atoms with van der Waals surface area (Å²) >= 11 is 0. The molecule has 3 N–H and O–H groups in total. The van der Waals surface area contributed by atoms with Crippen molar-refractivity contribution < 1.29 is 13.2 Å². The maximum absolute atomic E-state index is 12.0. The zero-order valence-electron chi connectivity index (χ0n) is 6.28. The third kappa shape index (κ3) is 1.43. The normalized spacial score (nSPS) is 13.2. The maximum Gasteiger partial charge on any atom is 0.416 e. The third-order valence-electron chi connectivity index (χ3n) is 1.79. The Bertz CT molecular complexity index is 304. The Morgan fingerprint density at radius 2 is 1.75 bits per heavy atom. The number of hydrogen-bond acceptors (Lipinski definition) is 1. The number of rotatable bonds is 0. The van der Waals surface area contributed by atoms with Gasteiger partial charge in [0.15, 0.2) is 0 Å². The minimum absolute atomic E-state index is 0. The maximum atomic E-state index is 12.0. The van der Waals surface area contributed by atoms with Crippen LogP contribution in [0.1, 0.15) is 16.7 Å². The number of alkyl halides is 3. The molecule has 4 heteroatoms. The first-order valence-corrected chi connectivity index (χ1v) is 3.26. The van der Waals surface area contributed by atoms with Crippen LogP contribution >= 0.6 is 0 Å². The van der Waals surface area contributed by atoms with Crippen LogP contribution in [0.4, 0.5) is 13.2 Å². The Morgan fingerprint density at radius 3 is 2.25 bits per heavy atom. The molecular weight excluding hydrogens is 167 g/mol. The first kappa shape index (κ1) is 9.06. The molecule has 1 aromatic carbocycles. The van der Waals surface area contributed by atoms with E-state index in [0.717, 1.165) is 23.6 Å². The molecule has 66 valence electrons. The lowest BCUT2D eigenvalue weighted by Gasteiger charge is -2.03. The van der Waals surface area contributed by atoms with Gasteiger partial charge in [-0.1, -0.05) is 6.07 Å². The van der Waals surface area contributed by atoms with E-state index in [-0.39, 0.29) is 6.15 Å². The Labute approximate surface area is 67.8 Å². The van der Waals surface area contributed by atoms with E-state index in [1.165, 1.54) is 12.1 Å². The van der Waals surface area contributed by atoms with Gasteiger partial charge in [-0.3, -0.25) is 0 Å². The van der Waals surface area contributed by atoms with Crippen LogP contribution in [-0.4, -0.2) is 0 Å². The van der Waals surface area contributed by atoms with Gasteiger partial charge in [0.05, 0.1) is 5.56 Å². The van der Waals surface area contributed by atoms with Gasteiger partial charge in [-0.2, -0.15) is 13.2 Å². The van der Waals surface area contributed by atoms with Gasteiger partial charge in [0, 0.05) is 0 Å². The van der Waals surface area contributed by atoms with Crippen molar-refractivity contribution in [3.63, 3.8) is 0 Å². The summed E-state index contributed by atoms with van der Waals surface area (Å²) in [5.74, 6) is 0. The summed E-state index contributed by atoms with van der Waals surface area (Å²) in [5, 5.41) is 0. The summed E-state index contributed by atoms with van der Waals surface area (Å²) in [4.78, 5) is 0. The molecule has 1 aliphatic rings. The highest BCUT2D eigenvalue weighted by atomic mass is 19.4. The van der Waals surface area contributed by atoms with Crippen molar-refractivity contribution in [2.24, 2.45) is 0 Å². The van der Waals surface area contributed by atoms with Crippen LogP contribution in [0.2, 0.25) is 0 Å². The van der Waals surface area contributed by atoms with Crippen molar-refractivity contribution >= 4 is 0 Å². The Kier molecular flexibility index (Phi) is 1.88. The zero-order valence-corrected chi connectivity index (χ0v) is 6.28. The van der Waals surface area contributed by atoms with Gasteiger partial charge in [-0.25, -0.2) is 0 Å². The fraction of sp³-hybridized carbons (Fsp3) is 0.250. The molecule has 0 aliphatic heterocycles. The van der Waals surface area contributed by atoms with Gasteiger partial charge < -0.3 is 6.15 Å². The molecule has 1 aromatic rings. The lowest BCUT2D eigenvalue weighted by Crippen LogP contribution is -2.03. The molecule has 0 unspecified atom stereocenters. The number of fused-ring (bicyclic) bond motifs is 1. The standard InChI is InChI=1S/C8H5F3.H3N/c9-8(10,11)7-2-1-5-3-6(5)4-7;/h1-2,4H,3H2;1H3. The van der Waals surface area contributed by atoms with Gasteiger partial charge in [-0.05, 0) is 29.7 Å². The van der Waals surface area contributed by atoms with E-state index in [4.69, 9.17) is 0 Å². The molecule has 1 aliphatic carbocycles. The molecule has 0 spiro atoms. The first-order chi connectivity index (χ1) is 5.07. The van der Waals surface area contributed by atoms with Crippen molar-refractivity contribution in [2.45, 2.75) is 12.6 Å². The monoisotopic (exact) mass is 175 g/mol. The topological polar surface area (TPSA) is 35.0 Å². The number of hydrogen-bond donors (Lipinski definition) is 1. The molecule has 0 atom stereocenters. The van der Waals surface area contributed by atoms with Gasteiger partial charge >= 0.3 is 6.18 Å². The quantitative estimate of drug-likeness (QED) is 0.656. The highest BCUT2D eigenvalue weighted by Crippen LogP contribution is 2.35. The van der Waals surface area contributed by atoms with Gasteiger partial charge in [0.25, 0.3) is 0 Å². The summed E-state index contributed by atoms with van der Waals surface area (Å²) in [6, 6.07) is 3.89. The predicted octanol–water partition coefficient (Wildman–Crippen LogP) is 2.77. The lowest BCUT2D eigenvalue weighted by molar-refractivity contribution is -0.137. The van der Waals surface area contributed by atoms with E-state index in [1.54, 1.807) is 0 Å². The fourth-order valence-corrected chi connectivity index (χ4v) is 1.07. The van der Waals surface area contributed by atoms with E-state index >= 15 is 0 Å². The molecule has 1 nitrogen and oxygen atoms in total. The van der Waals surface area contributed by atoms with E-state index in [0.29, 0.717) is 0 Å². The molecule has 0 saturated carbocycles. The van der Waals surface area contributed by atoms with Crippen LogP contribution in [0, 0.1) is 0 Å². The molecule has 12 heavy (non-hydrogen) atoms. The molecule has 0 aromatic heterocycles. The summed E-state index contributed by atoms with van der Waals surface area (Å²) < 4.78 is 36.0. The van der Waals surface area contributed by atoms with Crippen LogP contribution in [0.15, 0.2) is 18.2 Å². The van der Waals surface area contributed by atoms with Crippen molar-refractivity contribution in [3.05, 3.63) is 34.9 Å². The van der Waals surface area contributed by atoms with Gasteiger partial charge in [-0.15, -0.1) is 0 Å². The molecule has 2 rings (SSSR count). The second-order valence-corrected chi connectivity index (χ2v) is 2.66. The van der Waals surface area contributed by atoms with Crippen molar-refractivity contribution in [1.29, 1.82) is 0 Å². The average molecular weight is 175 g/mol. The van der Waals surface area contributed by atoms with Crippen LogP contribution < -0.4 is 6.15 Å². The predicted molar refractivity (Wildman–Crippen MR) is 39.3 cm³/mol. The molecule has 0 amide bonds. The highest BCUT2D eigenvalue weighted by molar-refractivity contribution is 5.47. The molecule has 0 heterocycles. The van der Waals surface area contributed by atoms with Gasteiger partial charge in [0.2, 0.25) is 0 Å². The fourth-order valence-electron chi connectivity index (χ4n) is 1.07. The molecule has 0 radical (unpaired) electrons. The van der Waals surface area contributed by atoms with Crippen LogP contribution in [0.3, 0.4) is 0 Å². The zero-order chi connectivity index (χ0) is 8.06. The van der Waals surface area contributed by atoms with Crippen molar-refractivity contribution in [3.8, 4) is 0 Å². The molecule has 0 saturated heterocycles. The average Bonchev–Trinajstić information content (AvgIpc) is 2.60. The lowest BCUT2D eigenvalue weighted by atomic mass is 10.2. The molecular formula is C8H8F3N. The van der Waals surface area contributed by atoms with Crippen LogP contribution in [-0.2, 0) is 12.6 Å². The van der Waals surface area contributed by atoms with E-state index in [1.807, 2.05) is 0 Å². The van der Waals surface area contributed by atoms with E-state index < -0.39 is 11.7 Å². The summed E-state index contributed by atoms with van der Waals surface area (Å²) in [6.07, 6.45) is -3.45. The summed E-state index contributed by atoms with van der Waals surface area (Å²) in [6.45, 7) is 0. The van der Waals surface area contributed by atoms with E-state index in [2.05, 4.69) is 0 Å². The number of halogens is 3. The minimum atomic E-state index is -4.18. The second kappa shape index (κ2) is 2.48. The number of benzene rings is 1. The molecule has 0 bridgehead atoms. The largest absolute Gasteiger partial charge is 0.416 e. The smallest absolute Gasteiger partial charge is 0.344 e. The third-order valence-corrected chi connectivity index (χ3v) is 1.79. The minimum Gasteiger partial charge on any atom is -0.344 e. The molecule has 0 fully saturated rings. The first-order valence-electron chi connectivity index (χ1n) is 3.26. The van der Waals surface area contributed by atoms with Gasteiger partial charge in [0.1, 0.15) is 0 Å². The van der Waals surface area contributed by atoms with Crippen molar-refractivity contribution in [1.82, 2.24) is 6.15 Å².